The van der Waals surface area contributed by atoms with Gasteiger partial charge in [-0.25, -0.2) is 0 Å². The van der Waals surface area contributed by atoms with Crippen molar-refractivity contribution in [3.8, 4) is 5.75 Å². The van der Waals surface area contributed by atoms with Gasteiger partial charge in [-0.3, -0.25) is 9.48 Å². The lowest BCUT2D eigenvalue weighted by Gasteiger charge is -2.33. The van der Waals surface area contributed by atoms with Crippen LogP contribution >= 0.6 is 0 Å². The topological polar surface area (TPSA) is 50.6 Å². The number of nitrogens with zero attached hydrogens (tertiary/aromatic N) is 4. The van der Waals surface area contributed by atoms with Crippen molar-refractivity contribution in [2.45, 2.75) is 32.6 Å². The van der Waals surface area contributed by atoms with Crippen molar-refractivity contribution >= 4 is 5.91 Å². The molecule has 0 spiro atoms. The minimum Gasteiger partial charge on any atom is -0.497 e. The zero-order chi connectivity index (χ0) is 20.8. The van der Waals surface area contributed by atoms with Crippen LogP contribution in [0.5, 0.6) is 5.75 Å². The lowest BCUT2D eigenvalue weighted by molar-refractivity contribution is 0.0689. The van der Waals surface area contributed by atoms with Crippen molar-refractivity contribution in [1.29, 1.82) is 0 Å². The Hall–Kier alpha value is -2.34. The fourth-order valence-corrected chi connectivity index (χ4v) is 3.95. The molecule has 1 aliphatic rings. The van der Waals surface area contributed by atoms with Crippen molar-refractivity contribution in [3.05, 3.63) is 47.3 Å². The smallest absolute Gasteiger partial charge is 0.272 e. The summed E-state index contributed by atoms with van der Waals surface area (Å²) < 4.78 is 6.98. The van der Waals surface area contributed by atoms with Crippen LogP contribution in [0.3, 0.4) is 0 Å². The first-order valence-electron chi connectivity index (χ1n) is 10.6. The second-order valence-corrected chi connectivity index (χ2v) is 8.09. The molecule has 1 amide bonds. The van der Waals surface area contributed by atoms with Gasteiger partial charge in [0.15, 0.2) is 0 Å². The van der Waals surface area contributed by atoms with Gasteiger partial charge in [-0.1, -0.05) is 19.1 Å². The molecule has 2 heterocycles. The van der Waals surface area contributed by atoms with Gasteiger partial charge in [-0.2, -0.15) is 5.10 Å². The molecular weight excluding hydrogens is 364 g/mol. The molecule has 29 heavy (non-hydrogen) atoms. The van der Waals surface area contributed by atoms with Gasteiger partial charge < -0.3 is 14.5 Å². The third-order valence-corrected chi connectivity index (χ3v) is 5.95. The number of aromatic nitrogens is 2. The molecule has 0 atom stereocenters. The van der Waals surface area contributed by atoms with E-state index in [1.807, 2.05) is 30.1 Å². The molecule has 0 saturated carbocycles. The summed E-state index contributed by atoms with van der Waals surface area (Å²) in [6.07, 6.45) is 3.96. The lowest BCUT2D eigenvalue weighted by Crippen LogP contribution is -2.41. The average molecular weight is 399 g/mol. The minimum absolute atomic E-state index is 0.0899. The van der Waals surface area contributed by atoms with Gasteiger partial charge in [-0.15, -0.1) is 0 Å². The van der Waals surface area contributed by atoms with Gasteiger partial charge in [0.2, 0.25) is 0 Å². The van der Waals surface area contributed by atoms with Crippen LogP contribution in [-0.2, 0) is 19.9 Å². The molecular formula is C23H34N4O2. The Labute approximate surface area is 174 Å². The highest BCUT2D eigenvalue weighted by Crippen LogP contribution is 2.20. The number of likely N-dealkylation sites (tertiary alicyclic amines) is 1. The van der Waals surface area contributed by atoms with Crippen LogP contribution < -0.4 is 4.74 Å². The molecule has 0 aliphatic carbocycles. The minimum atomic E-state index is 0.0899. The van der Waals surface area contributed by atoms with Gasteiger partial charge in [0.25, 0.3) is 5.91 Å². The van der Waals surface area contributed by atoms with E-state index in [9.17, 15) is 4.79 Å². The van der Waals surface area contributed by atoms with Gasteiger partial charge in [0, 0.05) is 20.1 Å². The number of methoxy groups -OCH3 is 1. The monoisotopic (exact) mass is 398 g/mol. The first-order chi connectivity index (χ1) is 14.0. The number of piperidine rings is 1. The van der Waals surface area contributed by atoms with Gasteiger partial charge in [0.05, 0.1) is 12.8 Å². The third kappa shape index (κ3) is 5.60. The van der Waals surface area contributed by atoms with Crippen molar-refractivity contribution in [2.75, 3.05) is 40.3 Å². The molecule has 1 fully saturated rings. The second-order valence-electron chi connectivity index (χ2n) is 8.09. The number of benzene rings is 1. The van der Waals surface area contributed by atoms with Crippen LogP contribution in [0.1, 0.15) is 41.5 Å². The summed E-state index contributed by atoms with van der Waals surface area (Å²) in [5.41, 5.74) is 2.86. The molecule has 2 aromatic rings. The lowest BCUT2D eigenvalue weighted by atomic mass is 9.96. The molecule has 6 heteroatoms. The van der Waals surface area contributed by atoms with E-state index in [-0.39, 0.29) is 5.91 Å². The van der Waals surface area contributed by atoms with Crippen molar-refractivity contribution < 1.29 is 9.53 Å². The number of carbonyl (C=O) groups excluding carboxylic acids is 1. The zero-order valence-electron chi connectivity index (χ0n) is 18.2. The molecule has 1 aromatic carbocycles. The largest absolute Gasteiger partial charge is 0.497 e. The molecule has 3 rings (SSSR count). The second kappa shape index (κ2) is 9.92. The number of ether oxygens (including phenoxy) is 1. The van der Waals surface area contributed by atoms with Crippen LogP contribution in [0.4, 0.5) is 0 Å². The summed E-state index contributed by atoms with van der Waals surface area (Å²) in [6.45, 7) is 5.81. The molecule has 0 bridgehead atoms. The van der Waals surface area contributed by atoms with Crippen LogP contribution in [-0.4, -0.2) is 65.8 Å². The van der Waals surface area contributed by atoms with E-state index in [1.165, 1.54) is 5.56 Å². The SMILES string of the molecule is CCc1cc(C(=O)N(CCc2ccc(OC)cc2)CC2CCN(C)CC2)n(C)n1. The standard InChI is InChI=1S/C23H34N4O2/c1-5-20-16-22(26(3)24-20)23(28)27(17-19-10-13-25(2)14-11-19)15-12-18-6-8-21(29-4)9-7-18/h6-9,16,19H,5,10-15,17H2,1-4H3. The highest BCUT2D eigenvalue weighted by Gasteiger charge is 2.25. The number of aryl methyl sites for hydroxylation is 2. The van der Waals surface area contributed by atoms with E-state index >= 15 is 0 Å². The molecule has 1 aromatic heterocycles. The van der Waals surface area contributed by atoms with Crippen molar-refractivity contribution in [3.63, 3.8) is 0 Å². The summed E-state index contributed by atoms with van der Waals surface area (Å²) in [5.74, 6) is 1.51. The van der Waals surface area contributed by atoms with Crippen LogP contribution in [0.25, 0.3) is 0 Å². The molecule has 0 radical (unpaired) electrons. The predicted octanol–water partition coefficient (Wildman–Crippen LogP) is 3.02. The Morgan fingerprint density at radius 3 is 2.48 bits per heavy atom. The highest BCUT2D eigenvalue weighted by molar-refractivity contribution is 5.92. The maximum Gasteiger partial charge on any atom is 0.272 e. The van der Waals surface area contributed by atoms with E-state index < -0.39 is 0 Å². The third-order valence-electron chi connectivity index (χ3n) is 5.95. The number of amides is 1. The van der Waals surface area contributed by atoms with E-state index in [0.29, 0.717) is 18.2 Å². The Kier molecular flexibility index (Phi) is 7.31. The Morgan fingerprint density at radius 2 is 1.90 bits per heavy atom. The Morgan fingerprint density at radius 1 is 1.21 bits per heavy atom. The van der Waals surface area contributed by atoms with E-state index in [4.69, 9.17) is 4.74 Å². The van der Waals surface area contributed by atoms with Crippen LogP contribution in [0.15, 0.2) is 30.3 Å². The first kappa shape index (κ1) is 21.4. The summed E-state index contributed by atoms with van der Waals surface area (Å²) >= 11 is 0. The first-order valence-corrected chi connectivity index (χ1v) is 10.6. The number of hydrogen-bond donors (Lipinski definition) is 0. The molecule has 1 aliphatic heterocycles. The maximum atomic E-state index is 13.4. The molecule has 1 saturated heterocycles. The quantitative estimate of drug-likeness (QED) is 0.686. The van der Waals surface area contributed by atoms with Crippen molar-refractivity contribution in [1.82, 2.24) is 19.6 Å². The van der Waals surface area contributed by atoms with E-state index in [2.05, 4.69) is 36.1 Å². The normalized spacial score (nSPS) is 15.4. The molecule has 6 nitrogen and oxygen atoms in total. The van der Waals surface area contributed by atoms with Gasteiger partial charge in [0.1, 0.15) is 11.4 Å². The zero-order valence-corrected chi connectivity index (χ0v) is 18.2. The fourth-order valence-electron chi connectivity index (χ4n) is 3.95. The number of carbonyl (C=O) groups is 1. The summed E-state index contributed by atoms with van der Waals surface area (Å²) in [7, 11) is 5.71. The molecule has 0 N–H and O–H groups in total. The summed E-state index contributed by atoms with van der Waals surface area (Å²) in [6, 6.07) is 10.1. The summed E-state index contributed by atoms with van der Waals surface area (Å²) in [5, 5.41) is 4.48. The molecule has 0 unspecified atom stereocenters. The predicted molar refractivity (Wildman–Crippen MR) is 115 cm³/mol. The van der Waals surface area contributed by atoms with Crippen molar-refractivity contribution in [2.24, 2.45) is 13.0 Å². The van der Waals surface area contributed by atoms with E-state index in [1.54, 1.807) is 11.8 Å². The highest BCUT2D eigenvalue weighted by atomic mass is 16.5. The Bertz CT molecular complexity index is 792. The average Bonchev–Trinajstić information content (AvgIpc) is 3.13. The van der Waals surface area contributed by atoms with Gasteiger partial charge in [-0.05, 0) is 75.5 Å². The fraction of sp³-hybridized carbons (Fsp3) is 0.565. The number of hydrogen-bond acceptors (Lipinski definition) is 4. The number of rotatable bonds is 8. The van der Waals surface area contributed by atoms with Crippen LogP contribution in [0.2, 0.25) is 0 Å². The maximum absolute atomic E-state index is 13.4. The molecule has 158 valence electrons. The Balaban J connectivity index is 1.72. The van der Waals surface area contributed by atoms with Crippen LogP contribution in [0, 0.1) is 5.92 Å². The van der Waals surface area contributed by atoms with E-state index in [0.717, 1.165) is 56.8 Å². The summed E-state index contributed by atoms with van der Waals surface area (Å²) in [4.78, 5) is 17.8. The van der Waals surface area contributed by atoms with Gasteiger partial charge >= 0.3 is 0 Å².